The van der Waals surface area contributed by atoms with Crippen LogP contribution in [0, 0.1) is 0 Å². The molecule has 0 amide bonds. The maximum Gasteiger partial charge on any atom is 0.0763 e. The first kappa shape index (κ1) is 13.0. The minimum Gasteiger partial charge on any atom is -0.316 e. The summed E-state index contributed by atoms with van der Waals surface area (Å²) in [7, 11) is 8.02. The smallest absolute Gasteiger partial charge is 0.0763 e. The van der Waals surface area contributed by atoms with Gasteiger partial charge in [-0.2, -0.15) is 0 Å². The van der Waals surface area contributed by atoms with Gasteiger partial charge in [-0.3, -0.25) is 4.98 Å². The molecule has 1 aromatic rings. The predicted molar refractivity (Wildman–Crippen MR) is 70.6 cm³/mol. The lowest BCUT2D eigenvalue weighted by atomic mass is 9.77. The van der Waals surface area contributed by atoms with Gasteiger partial charge in [-0.25, -0.2) is 0 Å². The van der Waals surface area contributed by atoms with E-state index in [1.54, 1.807) is 6.20 Å². The van der Waals surface area contributed by atoms with Crippen LogP contribution in [0.15, 0.2) is 24.0 Å². The van der Waals surface area contributed by atoms with Crippen LogP contribution in [0.4, 0.5) is 0 Å². The van der Waals surface area contributed by atoms with E-state index in [9.17, 15) is 0 Å². The Morgan fingerprint density at radius 3 is 3.00 bits per heavy atom. The third-order valence-corrected chi connectivity index (χ3v) is 2.58. The number of likely N-dealkylation sites (N-methyl/N-ethyl adjacent to an activating group) is 1. The van der Waals surface area contributed by atoms with Gasteiger partial charge < -0.3 is 5.32 Å². The van der Waals surface area contributed by atoms with Gasteiger partial charge in [0.25, 0.3) is 0 Å². The predicted octanol–water partition coefficient (Wildman–Crippen LogP) is 2.32. The lowest BCUT2D eigenvalue weighted by Crippen LogP contribution is -2.08. The SMILES string of the molecule is [B]C(CC)c1ccncc1/C=C(\C)CNC. The molecule has 0 aliphatic rings. The van der Waals surface area contributed by atoms with E-state index in [0.29, 0.717) is 0 Å². The summed E-state index contributed by atoms with van der Waals surface area (Å²) in [4.78, 5) is 4.15. The molecule has 1 heterocycles. The summed E-state index contributed by atoms with van der Waals surface area (Å²) in [6, 6.07) is 2.01. The Bertz CT molecular complexity index is 361. The summed E-state index contributed by atoms with van der Waals surface area (Å²) >= 11 is 0. The zero-order valence-electron chi connectivity index (χ0n) is 10.3. The number of hydrogen-bond donors (Lipinski definition) is 1. The molecule has 1 unspecified atom stereocenters. The molecule has 0 saturated carbocycles. The highest BCUT2D eigenvalue weighted by Crippen LogP contribution is 2.21. The number of nitrogens with zero attached hydrogens (tertiary/aromatic N) is 1. The average Bonchev–Trinajstić information content (AvgIpc) is 2.29. The fourth-order valence-corrected chi connectivity index (χ4v) is 1.69. The summed E-state index contributed by atoms with van der Waals surface area (Å²) < 4.78 is 0. The summed E-state index contributed by atoms with van der Waals surface area (Å²) in [6.45, 7) is 5.08. The van der Waals surface area contributed by atoms with Gasteiger partial charge in [0.05, 0.1) is 7.85 Å². The van der Waals surface area contributed by atoms with Crippen LogP contribution < -0.4 is 5.32 Å². The van der Waals surface area contributed by atoms with Crippen molar-refractivity contribution < 1.29 is 0 Å². The number of rotatable bonds is 5. The molecule has 0 bridgehead atoms. The summed E-state index contributed by atoms with van der Waals surface area (Å²) in [5, 5.41) is 3.13. The molecule has 0 aliphatic carbocycles. The molecule has 0 saturated heterocycles. The van der Waals surface area contributed by atoms with E-state index in [1.807, 2.05) is 19.3 Å². The molecule has 1 N–H and O–H groups in total. The van der Waals surface area contributed by atoms with Crippen molar-refractivity contribution in [1.29, 1.82) is 0 Å². The highest BCUT2D eigenvalue weighted by Gasteiger charge is 2.06. The number of pyridine rings is 1. The fourth-order valence-electron chi connectivity index (χ4n) is 1.69. The van der Waals surface area contributed by atoms with E-state index < -0.39 is 0 Å². The first-order valence-electron chi connectivity index (χ1n) is 5.70. The molecule has 0 spiro atoms. The van der Waals surface area contributed by atoms with Crippen LogP contribution in [-0.4, -0.2) is 26.4 Å². The topological polar surface area (TPSA) is 24.9 Å². The molecular weight excluding hydrogens is 195 g/mol. The molecule has 2 nitrogen and oxygen atoms in total. The number of aromatic nitrogens is 1. The van der Waals surface area contributed by atoms with Crippen LogP contribution in [0.2, 0.25) is 0 Å². The lowest BCUT2D eigenvalue weighted by Gasteiger charge is -2.13. The van der Waals surface area contributed by atoms with Gasteiger partial charge in [0.2, 0.25) is 0 Å². The first-order valence-corrected chi connectivity index (χ1v) is 5.70. The highest BCUT2D eigenvalue weighted by atomic mass is 14.8. The van der Waals surface area contributed by atoms with Crippen molar-refractivity contribution in [2.24, 2.45) is 0 Å². The van der Waals surface area contributed by atoms with E-state index in [0.717, 1.165) is 18.5 Å². The van der Waals surface area contributed by atoms with Crippen molar-refractivity contribution in [3.63, 3.8) is 0 Å². The molecule has 2 radical (unpaired) electrons. The maximum absolute atomic E-state index is 6.07. The van der Waals surface area contributed by atoms with Gasteiger partial charge >= 0.3 is 0 Å². The van der Waals surface area contributed by atoms with Crippen molar-refractivity contribution in [1.82, 2.24) is 10.3 Å². The number of nitrogens with one attached hydrogen (secondary N) is 1. The third-order valence-electron chi connectivity index (χ3n) is 2.58. The third kappa shape index (κ3) is 3.49. The minimum absolute atomic E-state index is 0.0941. The normalized spacial score (nSPS) is 13.8. The van der Waals surface area contributed by atoms with E-state index in [-0.39, 0.29) is 5.82 Å². The molecule has 3 heteroatoms. The molecule has 1 rings (SSSR count). The Hall–Kier alpha value is -1.09. The molecule has 1 atom stereocenters. The largest absolute Gasteiger partial charge is 0.316 e. The minimum atomic E-state index is 0.0941. The second-order valence-electron chi connectivity index (χ2n) is 4.04. The second kappa shape index (κ2) is 6.49. The van der Waals surface area contributed by atoms with Crippen molar-refractivity contribution >= 4 is 13.9 Å². The first-order chi connectivity index (χ1) is 7.69. The Kier molecular flexibility index (Phi) is 5.26. The van der Waals surface area contributed by atoms with Gasteiger partial charge in [-0.1, -0.05) is 30.8 Å². The maximum atomic E-state index is 6.07. The molecule has 0 fully saturated rings. The van der Waals surface area contributed by atoms with E-state index >= 15 is 0 Å². The average molecular weight is 214 g/mol. The van der Waals surface area contributed by atoms with Gasteiger partial charge in [0.1, 0.15) is 0 Å². The molecule has 0 aromatic carbocycles. The van der Waals surface area contributed by atoms with Crippen molar-refractivity contribution in [3.8, 4) is 0 Å². The van der Waals surface area contributed by atoms with Crippen molar-refractivity contribution in [2.45, 2.75) is 26.1 Å². The fraction of sp³-hybridized carbons (Fsp3) is 0.462. The quantitative estimate of drug-likeness (QED) is 0.761. The Morgan fingerprint density at radius 2 is 2.38 bits per heavy atom. The van der Waals surface area contributed by atoms with Crippen molar-refractivity contribution in [3.05, 3.63) is 35.2 Å². The lowest BCUT2D eigenvalue weighted by molar-refractivity contribution is 0.872. The van der Waals surface area contributed by atoms with Crippen LogP contribution in [0.5, 0.6) is 0 Å². The molecule has 84 valence electrons. The number of hydrogen-bond acceptors (Lipinski definition) is 2. The van der Waals surface area contributed by atoms with Crippen LogP contribution in [-0.2, 0) is 0 Å². The summed E-state index contributed by atoms with van der Waals surface area (Å²) in [6.07, 6.45) is 6.77. The van der Waals surface area contributed by atoms with Gasteiger partial charge in [-0.15, -0.1) is 0 Å². The van der Waals surface area contributed by atoms with Gasteiger partial charge in [-0.05, 0) is 31.2 Å². The highest BCUT2D eigenvalue weighted by molar-refractivity contribution is 6.12. The van der Waals surface area contributed by atoms with Crippen molar-refractivity contribution in [2.75, 3.05) is 13.6 Å². The molecule has 16 heavy (non-hydrogen) atoms. The molecule has 0 aliphatic heterocycles. The van der Waals surface area contributed by atoms with Crippen LogP contribution in [0.3, 0.4) is 0 Å². The van der Waals surface area contributed by atoms with E-state index in [1.165, 1.54) is 11.1 Å². The van der Waals surface area contributed by atoms with E-state index in [4.69, 9.17) is 7.85 Å². The van der Waals surface area contributed by atoms with Crippen LogP contribution in [0.25, 0.3) is 6.08 Å². The zero-order valence-corrected chi connectivity index (χ0v) is 10.3. The van der Waals surface area contributed by atoms with E-state index in [2.05, 4.69) is 30.2 Å². The standard InChI is InChI=1S/C13H19BN2/c1-4-13(14)12-5-6-16-9-11(12)7-10(2)8-15-3/h5-7,9,13,15H,4,8H2,1-3H3/b10-7+. The Labute approximate surface area is 99.6 Å². The molecule has 1 aromatic heterocycles. The van der Waals surface area contributed by atoms with Gasteiger partial charge in [0, 0.05) is 18.9 Å². The van der Waals surface area contributed by atoms with Gasteiger partial charge in [0.15, 0.2) is 0 Å². The Balaban J connectivity index is 2.99. The second-order valence-corrected chi connectivity index (χ2v) is 4.04. The summed E-state index contributed by atoms with van der Waals surface area (Å²) in [5.41, 5.74) is 3.58. The molecular formula is C13H19BN2. The monoisotopic (exact) mass is 214 g/mol. The van der Waals surface area contributed by atoms with Crippen LogP contribution >= 0.6 is 0 Å². The summed E-state index contributed by atoms with van der Waals surface area (Å²) in [5.74, 6) is 0.0941. The Morgan fingerprint density at radius 1 is 1.62 bits per heavy atom. The zero-order chi connectivity index (χ0) is 12.0. The van der Waals surface area contributed by atoms with Crippen LogP contribution in [0.1, 0.15) is 37.2 Å².